The molecule has 0 bridgehead atoms. The van der Waals surface area contributed by atoms with Crippen LogP contribution < -0.4 is 9.64 Å². The van der Waals surface area contributed by atoms with Gasteiger partial charge in [0.2, 0.25) is 0 Å². The van der Waals surface area contributed by atoms with Crippen LogP contribution in [0.25, 0.3) is 0 Å². The molecule has 1 saturated heterocycles. The maximum absolute atomic E-state index is 14.1. The summed E-state index contributed by atoms with van der Waals surface area (Å²) in [6.07, 6.45) is -4.44. The highest BCUT2D eigenvalue weighted by atomic mass is 32.2. The minimum absolute atomic E-state index is 0.0754. The van der Waals surface area contributed by atoms with Crippen molar-refractivity contribution in [2.75, 3.05) is 24.3 Å². The van der Waals surface area contributed by atoms with Gasteiger partial charge in [0.1, 0.15) is 5.75 Å². The summed E-state index contributed by atoms with van der Waals surface area (Å²) in [6, 6.07) is 18.8. The second kappa shape index (κ2) is 8.64. The minimum atomic E-state index is -4.44. The zero-order valence-electron chi connectivity index (χ0n) is 18.7. The van der Waals surface area contributed by atoms with Crippen molar-refractivity contribution in [3.63, 3.8) is 0 Å². The van der Waals surface area contributed by atoms with Gasteiger partial charge in [0.15, 0.2) is 4.87 Å². The van der Waals surface area contributed by atoms with E-state index in [1.165, 1.54) is 31.0 Å². The fourth-order valence-corrected chi connectivity index (χ4v) is 6.05. The van der Waals surface area contributed by atoms with Crippen LogP contribution in [-0.2, 0) is 22.4 Å². The largest absolute Gasteiger partial charge is 0.497 e. The van der Waals surface area contributed by atoms with Crippen LogP contribution in [0.15, 0.2) is 72.8 Å². The molecule has 3 aromatic carbocycles. The van der Waals surface area contributed by atoms with Crippen LogP contribution in [0.3, 0.4) is 0 Å². The summed E-state index contributed by atoms with van der Waals surface area (Å²) in [7, 11) is 1.53. The Balaban J connectivity index is 1.56. The predicted molar refractivity (Wildman–Crippen MR) is 127 cm³/mol. The number of hydrogen-bond donors (Lipinski definition) is 0. The Morgan fingerprint density at radius 1 is 1.06 bits per heavy atom. The third kappa shape index (κ3) is 3.83. The Morgan fingerprint density at radius 3 is 2.43 bits per heavy atom. The highest BCUT2D eigenvalue weighted by Crippen LogP contribution is 2.55. The molecule has 1 fully saturated rings. The molecule has 0 radical (unpaired) electrons. The van der Waals surface area contributed by atoms with Gasteiger partial charge in [0.25, 0.3) is 11.8 Å². The van der Waals surface area contributed by atoms with Crippen molar-refractivity contribution in [1.29, 1.82) is 0 Å². The van der Waals surface area contributed by atoms with Gasteiger partial charge in [-0.15, -0.1) is 11.8 Å². The second-order valence-electron chi connectivity index (χ2n) is 8.28. The Bertz CT molecular complexity index is 1280. The van der Waals surface area contributed by atoms with Gasteiger partial charge in [-0.05, 0) is 48.0 Å². The first-order valence-electron chi connectivity index (χ1n) is 10.9. The van der Waals surface area contributed by atoms with E-state index >= 15 is 0 Å². The number of amides is 2. The molecule has 3 aromatic rings. The van der Waals surface area contributed by atoms with E-state index in [0.29, 0.717) is 40.4 Å². The van der Waals surface area contributed by atoms with Gasteiger partial charge in [0, 0.05) is 23.4 Å². The number of anilines is 1. The van der Waals surface area contributed by atoms with E-state index in [9.17, 15) is 22.8 Å². The summed E-state index contributed by atoms with van der Waals surface area (Å²) in [4.78, 5) is 29.4. The number of methoxy groups -OCH3 is 1. The quantitative estimate of drug-likeness (QED) is 0.490. The Labute approximate surface area is 204 Å². The zero-order chi connectivity index (χ0) is 24.8. The van der Waals surface area contributed by atoms with Gasteiger partial charge < -0.3 is 14.5 Å². The molecule has 5 nitrogen and oxygen atoms in total. The van der Waals surface area contributed by atoms with Gasteiger partial charge in [0.05, 0.1) is 24.9 Å². The normalized spacial score (nSPS) is 19.4. The Hall–Kier alpha value is -3.46. The number of halogens is 3. The van der Waals surface area contributed by atoms with E-state index in [2.05, 4.69) is 0 Å². The highest BCUT2D eigenvalue weighted by molar-refractivity contribution is 8.01. The molecular formula is C26H21F3N2O3S. The Kier molecular flexibility index (Phi) is 5.75. The third-order valence-corrected chi connectivity index (χ3v) is 7.71. The van der Waals surface area contributed by atoms with E-state index in [4.69, 9.17) is 4.74 Å². The minimum Gasteiger partial charge on any atom is -0.497 e. The number of fused-ring (bicyclic) bond motifs is 2. The lowest BCUT2D eigenvalue weighted by Crippen LogP contribution is -2.50. The van der Waals surface area contributed by atoms with E-state index in [1.54, 1.807) is 52.3 Å². The molecule has 180 valence electrons. The average Bonchev–Trinajstić information content (AvgIpc) is 3.40. The smallest absolute Gasteiger partial charge is 0.416 e. The van der Waals surface area contributed by atoms with Crippen molar-refractivity contribution in [1.82, 2.24) is 4.90 Å². The number of hydrogen-bond acceptors (Lipinski definition) is 4. The summed E-state index contributed by atoms with van der Waals surface area (Å²) in [5, 5.41) is 0. The molecule has 1 unspecified atom stereocenters. The maximum atomic E-state index is 14.1. The van der Waals surface area contributed by atoms with Crippen molar-refractivity contribution in [3.8, 4) is 5.75 Å². The lowest BCUT2D eigenvalue weighted by atomic mass is 10.0. The van der Waals surface area contributed by atoms with Crippen molar-refractivity contribution in [3.05, 3.63) is 95.1 Å². The molecule has 2 aliphatic heterocycles. The van der Waals surface area contributed by atoms with E-state index in [1.807, 2.05) is 6.07 Å². The van der Waals surface area contributed by atoms with Crippen molar-refractivity contribution in [2.45, 2.75) is 17.6 Å². The molecule has 35 heavy (non-hydrogen) atoms. The van der Waals surface area contributed by atoms with E-state index < -0.39 is 16.6 Å². The van der Waals surface area contributed by atoms with Gasteiger partial charge in [-0.25, -0.2) is 0 Å². The Morgan fingerprint density at radius 2 is 1.77 bits per heavy atom. The van der Waals surface area contributed by atoms with Crippen LogP contribution in [0.1, 0.15) is 27.0 Å². The molecule has 0 aliphatic carbocycles. The lowest BCUT2D eigenvalue weighted by molar-refractivity contribution is -0.137. The third-order valence-electron chi connectivity index (χ3n) is 6.29. The fourth-order valence-electron chi connectivity index (χ4n) is 4.60. The van der Waals surface area contributed by atoms with Gasteiger partial charge in [-0.2, -0.15) is 13.2 Å². The molecule has 2 amide bonds. The lowest BCUT2D eigenvalue weighted by Gasteiger charge is -2.33. The molecule has 0 saturated carbocycles. The molecule has 2 aliphatic rings. The van der Waals surface area contributed by atoms with E-state index in [0.717, 1.165) is 12.1 Å². The summed E-state index contributed by atoms with van der Waals surface area (Å²) >= 11 is 1.38. The van der Waals surface area contributed by atoms with Crippen LogP contribution in [0, 0.1) is 0 Å². The zero-order valence-corrected chi connectivity index (χ0v) is 19.5. The summed E-state index contributed by atoms with van der Waals surface area (Å²) in [5.41, 5.74) is 1.53. The number of alkyl halides is 3. The summed E-state index contributed by atoms with van der Waals surface area (Å²) < 4.78 is 44.4. The first-order valence-corrected chi connectivity index (χ1v) is 11.9. The van der Waals surface area contributed by atoms with Gasteiger partial charge in [-0.3, -0.25) is 9.59 Å². The molecule has 9 heteroatoms. The second-order valence-corrected chi connectivity index (χ2v) is 9.57. The van der Waals surface area contributed by atoms with Crippen LogP contribution in [0.2, 0.25) is 0 Å². The average molecular weight is 499 g/mol. The van der Waals surface area contributed by atoms with Crippen LogP contribution in [0.5, 0.6) is 5.75 Å². The van der Waals surface area contributed by atoms with Gasteiger partial charge in [-0.1, -0.05) is 30.3 Å². The van der Waals surface area contributed by atoms with Crippen LogP contribution >= 0.6 is 11.8 Å². The number of ether oxygens (including phenoxy) is 1. The van der Waals surface area contributed by atoms with Crippen LogP contribution in [0.4, 0.5) is 18.9 Å². The first kappa shape index (κ1) is 23.3. The number of carbonyl (C=O) groups is 2. The molecule has 0 aromatic heterocycles. The first-order chi connectivity index (χ1) is 16.8. The summed E-state index contributed by atoms with van der Waals surface area (Å²) in [5.74, 6) is 0.558. The van der Waals surface area contributed by atoms with Crippen molar-refractivity contribution < 1.29 is 27.5 Å². The fraction of sp³-hybridized carbons (Fsp3) is 0.231. The number of nitrogens with zero attached hydrogens (tertiary/aromatic N) is 2. The maximum Gasteiger partial charge on any atom is 0.416 e. The molecule has 0 N–H and O–H groups in total. The standard InChI is InChI=1S/C26H21F3N2O3S/c1-34-20-11-12-22-21(15-20)25(31(13-14-35-25)23(32)18-5-3-2-4-6-18)24(33)30(22)16-17-7-9-19(10-8-17)26(27,28)29/h2-12,15H,13-14,16H2,1H3. The topological polar surface area (TPSA) is 49.9 Å². The monoisotopic (exact) mass is 498 g/mol. The highest BCUT2D eigenvalue weighted by Gasteiger charge is 2.59. The van der Waals surface area contributed by atoms with Crippen molar-refractivity contribution >= 4 is 29.3 Å². The summed E-state index contributed by atoms with van der Waals surface area (Å²) in [6.45, 7) is 0.459. The molecule has 5 rings (SSSR count). The van der Waals surface area contributed by atoms with E-state index in [-0.39, 0.29) is 18.4 Å². The molecular weight excluding hydrogens is 477 g/mol. The van der Waals surface area contributed by atoms with Crippen molar-refractivity contribution in [2.24, 2.45) is 0 Å². The predicted octanol–water partition coefficient (Wildman–Crippen LogP) is 5.30. The van der Waals surface area contributed by atoms with Gasteiger partial charge >= 0.3 is 6.18 Å². The number of benzene rings is 3. The molecule has 2 heterocycles. The number of carbonyl (C=O) groups excluding carboxylic acids is 2. The molecule has 1 atom stereocenters. The molecule has 1 spiro atoms. The number of thioether (sulfide) groups is 1. The number of rotatable bonds is 4. The van der Waals surface area contributed by atoms with Crippen LogP contribution in [-0.4, -0.2) is 36.1 Å². The SMILES string of the molecule is COc1ccc2c(c1)C1(SCCN1C(=O)c1ccccc1)C(=O)N2Cc1ccc(C(F)(F)F)cc1.